The van der Waals surface area contributed by atoms with E-state index in [1.807, 2.05) is 0 Å². The molecule has 0 bridgehead atoms. The van der Waals surface area contributed by atoms with Crippen LogP contribution in [0.3, 0.4) is 0 Å². The summed E-state index contributed by atoms with van der Waals surface area (Å²) in [4.78, 5) is 25.1. The maximum absolute atomic E-state index is 12.1. The zero-order chi connectivity index (χ0) is 14.2. The third kappa shape index (κ3) is 2.24. The molecule has 1 aliphatic heterocycles. The number of amides is 2. The van der Waals surface area contributed by atoms with Gasteiger partial charge in [-0.1, -0.05) is 6.58 Å². The molecule has 1 N–H and O–H groups in total. The first kappa shape index (κ1) is 12.9. The van der Waals surface area contributed by atoms with Gasteiger partial charge in [0, 0.05) is 20.2 Å². The Bertz CT molecular complexity index is 578. The first-order chi connectivity index (χ1) is 8.93. The van der Waals surface area contributed by atoms with Crippen molar-refractivity contribution in [3.05, 3.63) is 30.0 Å². The molecule has 0 atom stereocenters. The van der Waals surface area contributed by atoms with E-state index in [1.54, 1.807) is 26.2 Å². The van der Waals surface area contributed by atoms with Crippen molar-refractivity contribution in [1.82, 2.24) is 4.90 Å². The van der Waals surface area contributed by atoms with Gasteiger partial charge in [-0.2, -0.15) is 0 Å². The lowest BCUT2D eigenvalue weighted by Gasteiger charge is -2.23. The Hall–Kier alpha value is -2.50. The summed E-state index contributed by atoms with van der Waals surface area (Å²) in [6, 6.07) is 3.14. The highest BCUT2D eigenvalue weighted by Crippen LogP contribution is 2.37. The van der Waals surface area contributed by atoms with Gasteiger partial charge in [0.2, 0.25) is 0 Å². The molecule has 1 aromatic carbocycles. The molecule has 2 amide bonds. The molecule has 0 fully saturated rings. The minimum atomic E-state index is -0.467. The van der Waals surface area contributed by atoms with Gasteiger partial charge in [0.1, 0.15) is 5.75 Å². The molecule has 0 saturated heterocycles. The summed E-state index contributed by atoms with van der Waals surface area (Å²) in [6.45, 7) is 3.49. The number of ether oxygens (including phenoxy) is 2. The second-order valence-corrected chi connectivity index (χ2v) is 4.23. The third-order valence-corrected chi connectivity index (χ3v) is 2.67. The fraction of sp³-hybridized carbons (Fsp3) is 0.231. The third-order valence-electron chi connectivity index (χ3n) is 2.67. The molecule has 1 aliphatic rings. The van der Waals surface area contributed by atoms with Gasteiger partial charge < -0.3 is 19.7 Å². The highest BCUT2D eigenvalue weighted by molar-refractivity contribution is 6.11. The number of nitrogens with zero attached hydrogens (tertiary/aromatic N) is 1. The Morgan fingerprint density at radius 1 is 1.42 bits per heavy atom. The Morgan fingerprint density at radius 2 is 2.11 bits per heavy atom. The molecule has 6 nitrogen and oxygen atoms in total. The Kier molecular flexibility index (Phi) is 3.16. The largest absolute Gasteiger partial charge is 0.497 e. The van der Waals surface area contributed by atoms with Crippen LogP contribution in [0.15, 0.2) is 24.5 Å². The van der Waals surface area contributed by atoms with E-state index in [2.05, 4.69) is 11.9 Å². The molecular formula is C13H14N2O4. The standard InChI is InChI=1S/C13H14N2O4/c1-7-12(16)14-11-9(13(17)15(2)3)5-8(18-4)6-10(11)19-7/h5-6H,1H2,2-4H3,(H,14,16). The number of methoxy groups -OCH3 is 1. The van der Waals surface area contributed by atoms with E-state index in [4.69, 9.17) is 9.47 Å². The molecule has 0 saturated carbocycles. The summed E-state index contributed by atoms with van der Waals surface area (Å²) in [5.41, 5.74) is 0.636. The molecule has 1 aromatic rings. The lowest BCUT2D eigenvalue weighted by molar-refractivity contribution is -0.115. The first-order valence-corrected chi connectivity index (χ1v) is 5.56. The Labute approximate surface area is 110 Å². The highest BCUT2D eigenvalue weighted by Gasteiger charge is 2.27. The number of carbonyl (C=O) groups excluding carboxylic acids is 2. The molecule has 100 valence electrons. The van der Waals surface area contributed by atoms with Gasteiger partial charge in [-0.3, -0.25) is 9.59 Å². The maximum atomic E-state index is 12.1. The van der Waals surface area contributed by atoms with Gasteiger partial charge in [0.25, 0.3) is 11.8 Å². The lowest BCUT2D eigenvalue weighted by atomic mass is 10.1. The molecule has 0 spiro atoms. The normalized spacial score (nSPS) is 13.2. The summed E-state index contributed by atoms with van der Waals surface area (Å²) in [5.74, 6) is 0.0584. The minimum Gasteiger partial charge on any atom is -0.497 e. The van der Waals surface area contributed by atoms with Crippen LogP contribution in [0.1, 0.15) is 10.4 Å². The quantitative estimate of drug-likeness (QED) is 0.814. The van der Waals surface area contributed by atoms with Crippen LogP contribution in [0.5, 0.6) is 11.5 Å². The van der Waals surface area contributed by atoms with Gasteiger partial charge in [-0.15, -0.1) is 0 Å². The molecule has 2 rings (SSSR count). The summed E-state index contributed by atoms with van der Waals surface area (Å²) in [6.07, 6.45) is 0. The van der Waals surface area contributed by atoms with Crippen molar-refractivity contribution < 1.29 is 19.1 Å². The van der Waals surface area contributed by atoms with E-state index in [9.17, 15) is 9.59 Å². The second-order valence-electron chi connectivity index (χ2n) is 4.23. The predicted octanol–water partition coefficient (Wildman–Crippen LogP) is 1.24. The number of hydrogen-bond donors (Lipinski definition) is 1. The Balaban J connectivity index is 2.60. The highest BCUT2D eigenvalue weighted by atomic mass is 16.5. The fourth-order valence-corrected chi connectivity index (χ4v) is 1.69. The van der Waals surface area contributed by atoms with Crippen molar-refractivity contribution in [2.75, 3.05) is 26.5 Å². The van der Waals surface area contributed by atoms with Crippen LogP contribution in [0.2, 0.25) is 0 Å². The van der Waals surface area contributed by atoms with E-state index in [-0.39, 0.29) is 11.7 Å². The molecule has 0 radical (unpaired) electrons. The number of anilines is 1. The van der Waals surface area contributed by atoms with E-state index in [0.29, 0.717) is 22.7 Å². The minimum absolute atomic E-state index is 0.0241. The second kappa shape index (κ2) is 4.64. The van der Waals surface area contributed by atoms with Crippen molar-refractivity contribution in [3.63, 3.8) is 0 Å². The van der Waals surface area contributed by atoms with Crippen LogP contribution >= 0.6 is 0 Å². The van der Waals surface area contributed by atoms with Crippen molar-refractivity contribution in [1.29, 1.82) is 0 Å². The van der Waals surface area contributed by atoms with Gasteiger partial charge in [0.15, 0.2) is 11.5 Å². The number of fused-ring (bicyclic) bond motifs is 1. The van der Waals surface area contributed by atoms with E-state index in [1.165, 1.54) is 12.0 Å². The van der Waals surface area contributed by atoms with Gasteiger partial charge in [-0.05, 0) is 6.07 Å². The fourth-order valence-electron chi connectivity index (χ4n) is 1.69. The average molecular weight is 262 g/mol. The smallest absolute Gasteiger partial charge is 0.290 e. The van der Waals surface area contributed by atoms with Crippen LogP contribution in [0, 0.1) is 0 Å². The number of rotatable bonds is 2. The number of carbonyl (C=O) groups is 2. The van der Waals surface area contributed by atoms with Crippen molar-refractivity contribution >= 4 is 17.5 Å². The zero-order valence-corrected chi connectivity index (χ0v) is 10.9. The maximum Gasteiger partial charge on any atom is 0.290 e. The van der Waals surface area contributed by atoms with E-state index >= 15 is 0 Å². The molecule has 0 aliphatic carbocycles. The summed E-state index contributed by atoms with van der Waals surface area (Å²) in [7, 11) is 4.74. The van der Waals surface area contributed by atoms with Crippen LogP contribution in [0.4, 0.5) is 5.69 Å². The summed E-state index contributed by atoms with van der Waals surface area (Å²) >= 11 is 0. The molecule has 0 aromatic heterocycles. The van der Waals surface area contributed by atoms with Gasteiger partial charge in [0.05, 0.1) is 18.4 Å². The van der Waals surface area contributed by atoms with E-state index < -0.39 is 5.91 Å². The predicted molar refractivity (Wildman–Crippen MR) is 69.4 cm³/mol. The van der Waals surface area contributed by atoms with Crippen LogP contribution in [-0.4, -0.2) is 37.9 Å². The summed E-state index contributed by atoms with van der Waals surface area (Å²) < 4.78 is 10.4. The van der Waals surface area contributed by atoms with Crippen LogP contribution in [0.25, 0.3) is 0 Å². The van der Waals surface area contributed by atoms with E-state index in [0.717, 1.165) is 0 Å². The topological polar surface area (TPSA) is 67.9 Å². The monoisotopic (exact) mass is 262 g/mol. The first-order valence-electron chi connectivity index (χ1n) is 5.56. The van der Waals surface area contributed by atoms with Crippen LogP contribution < -0.4 is 14.8 Å². The molecule has 6 heteroatoms. The molecule has 1 heterocycles. The molecular weight excluding hydrogens is 248 g/mol. The Morgan fingerprint density at radius 3 is 2.68 bits per heavy atom. The lowest BCUT2D eigenvalue weighted by Crippen LogP contribution is -2.28. The number of nitrogens with one attached hydrogen (secondary N) is 1. The van der Waals surface area contributed by atoms with Crippen LogP contribution in [-0.2, 0) is 4.79 Å². The van der Waals surface area contributed by atoms with Gasteiger partial charge >= 0.3 is 0 Å². The average Bonchev–Trinajstić information content (AvgIpc) is 2.38. The number of benzene rings is 1. The van der Waals surface area contributed by atoms with Crippen molar-refractivity contribution in [3.8, 4) is 11.5 Å². The van der Waals surface area contributed by atoms with Gasteiger partial charge in [-0.25, -0.2) is 0 Å². The SMILES string of the molecule is C=C1Oc2cc(OC)cc(C(=O)N(C)C)c2NC1=O. The number of hydrogen-bond acceptors (Lipinski definition) is 4. The summed E-state index contributed by atoms with van der Waals surface area (Å²) in [5, 5.41) is 2.60. The molecule has 19 heavy (non-hydrogen) atoms. The van der Waals surface area contributed by atoms with Crippen molar-refractivity contribution in [2.45, 2.75) is 0 Å². The van der Waals surface area contributed by atoms with Crippen molar-refractivity contribution in [2.24, 2.45) is 0 Å². The zero-order valence-electron chi connectivity index (χ0n) is 10.9. The molecule has 0 unspecified atom stereocenters.